The first-order chi connectivity index (χ1) is 10.7. The lowest BCUT2D eigenvalue weighted by molar-refractivity contribution is -0.142. The number of ether oxygens (including phenoxy) is 1. The summed E-state index contributed by atoms with van der Waals surface area (Å²) in [6, 6.07) is 2.06. The van der Waals surface area contributed by atoms with Gasteiger partial charge in [0.15, 0.2) is 5.78 Å². The first kappa shape index (κ1) is 17.6. The van der Waals surface area contributed by atoms with Gasteiger partial charge in [0, 0.05) is 25.2 Å². The highest BCUT2D eigenvalue weighted by Crippen LogP contribution is 2.25. The van der Waals surface area contributed by atoms with Gasteiger partial charge in [-0.05, 0) is 56.9 Å². The highest BCUT2D eigenvalue weighted by atomic mass is 16.5. The number of nitrogens with zero attached hydrogens (tertiary/aromatic N) is 1. The Balaban J connectivity index is 2.31. The maximum Gasteiger partial charge on any atom is 0.247 e. The van der Waals surface area contributed by atoms with E-state index in [9.17, 15) is 9.59 Å². The van der Waals surface area contributed by atoms with Gasteiger partial charge in [-0.1, -0.05) is 6.07 Å². The van der Waals surface area contributed by atoms with Crippen molar-refractivity contribution in [3.05, 3.63) is 33.9 Å². The van der Waals surface area contributed by atoms with Crippen molar-refractivity contribution >= 4 is 11.7 Å². The molecule has 2 N–H and O–H groups in total. The number of nitrogens with two attached hydrogens (primary N) is 1. The van der Waals surface area contributed by atoms with Crippen LogP contribution in [-0.2, 0) is 16.1 Å². The summed E-state index contributed by atoms with van der Waals surface area (Å²) in [5, 5.41) is 0. The smallest absolute Gasteiger partial charge is 0.247 e. The molecule has 0 aliphatic carbocycles. The van der Waals surface area contributed by atoms with Crippen LogP contribution in [0.5, 0.6) is 0 Å². The van der Waals surface area contributed by atoms with Crippen molar-refractivity contribution in [2.24, 2.45) is 5.73 Å². The van der Waals surface area contributed by atoms with Crippen LogP contribution in [0.25, 0.3) is 0 Å². The molecule has 0 radical (unpaired) electrons. The molecule has 1 saturated heterocycles. The summed E-state index contributed by atoms with van der Waals surface area (Å²) in [7, 11) is 0. The highest BCUT2D eigenvalue weighted by molar-refractivity contribution is 5.97. The van der Waals surface area contributed by atoms with Crippen molar-refractivity contribution in [3.8, 4) is 0 Å². The average Bonchev–Trinajstić information content (AvgIpc) is 2.42. The summed E-state index contributed by atoms with van der Waals surface area (Å²) in [5.74, 6) is -0.338. The summed E-state index contributed by atoms with van der Waals surface area (Å²) in [5.41, 5.74) is 10.6. The monoisotopic (exact) mass is 318 g/mol. The third-order valence-electron chi connectivity index (χ3n) is 4.52. The van der Waals surface area contributed by atoms with E-state index in [2.05, 4.69) is 17.9 Å². The molecule has 0 aromatic heterocycles. The number of carbonyl (C=O) groups is 2. The van der Waals surface area contributed by atoms with Crippen LogP contribution in [0.15, 0.2) is 6.07 Å². The summed E-state index contributed by atoms with van der Waals surface area (Å²) in [6.07, 6.45) is -0.614. The number of amides is 1. The summed E-state index contributed by atoms with van der Waals surface area (Å²) >= 11 is 0. The topological polar surface area (TPSA) is 72.6 Å². The number of aryl methyl sites for hydroxylation is 2. The molecule has 0 bridgehead atoms. The fourth-order valence-corrected chi connectivity index (χ4v) is 3.56. The van der Waals surface area contributed by atoms with E-state index in [4.69, 9.17) is 10.5 Å². The van der Waals surface area contributed by atoms with Gasteiger partial charge >= 0.3 is 0 Å². The number of hydrogen-bond donors (Lipinski definition) is 1. The lowest BCUT2D eigenvalue weighted by Gasteiger charge is -2.36. The number of primary amides is 1. The molecule has 5 heteroatoms. The Morgan fingerprint density at radius 3 is 2.48 bits per heavy atom. The SMILES string of the molecule is CC(=O)c1c(C)cc(C)c(CN2C[C@@H](C)O[C@H](C(N)=O)C2)c1C. The average molecular weight is 318 g/mol. The van der Waals surface area contributed by atoms with Gasteiger partial charge in [0.05, 0.1) is 6.10 Å². The largest absolute Gasteiger partial charge is 0.367 e. The Morgan fingerprint density at radius 2 is 1.91 bits per heavy atom. The normalized spacial score (nSPS) is 22.1. The standard InChI is InChI=1S/C18H26N2O3/c1-10-6-11(2)17(14(5)21)13(4)15(10)8-20-7-12(3)23-16(9-20)18(19)22/h6,12,16H,7-9H2,1-5H3,(H2,19,22)/t12-,16+/m1/s1. The van der Waals surface area contributed by atoms with E-state index >= 15 is 0 Å². The van der Waals surface area contributed by atoms with Crippen molar-refractivity contribution in [2.45, 2.75) is 53.4 Å². The first-order valence-electron chi connectivity index (χ1n) is 7.98. The second kappa shape index (κ2) is 6.81. The third-order valence-corrected chi connectivity index (χ3v) is 4.52. The molecular weight excluding hydrogens is 292 g/mol. The molecule has 0 spiro atoms. The first-order valence-corrected chi connectivity index (χ1v) is 7.98. The van der Waals surface area contributed by atoms with Crippen LogP contribution in [0.3, 0.4) is 0 Å². The quantitative estimate of drug-likeness (QED) is 0.861. The van der Waals surface area contributed by atoms with E-state index in [0.717, 1.165) is 28.8 Å². The Morgan fingerprint density at radius 1 is 1.26 bits per heavy atom. The summed E-state index contributed by atoms with van der Waals surface area (Å²) < 4.78 is 5.59. The molecule has 1 fully saturated rings. The summed E-state index contributed by atoms with van der Waals surface area (Å²) in [4.78, 5) is 25.6. The maximum atomic E-state index is 11.9. The Kier molecular flexibility index (Phi) is 5.22. The molecule has 0 saturated carbocycles. The van der Waals surface area contributed by atoms with E-state index in [1.165, 1.54) is 5.56 Å². The summed E-state index contributed by atoms with van der Waals surface area (Å²) in [6.45, 7) is 11.5. The molecule has 1 aliphatic heterocycles. The van der Waals surface area contributed by atoms with Gasteiger partial charge in [0.2, 0.25) is 5.91 Å². The zero-order chi connectivity index (χ0) is 17.3. The number of ketones is 1. The molecule has 1 amide bonds. The van der Waals surface area contributed by atoms with Crippen LogP contribution >= 0.6 is 0 Å². The molecule has 0 unspecified atom stereocenters. The molecule has 2 atom stereocenters. The van der Waals surface area contributed by atoms with Gasteiger partial charge < -0.3 is 10.5 Å². The van der Waals surface area contributed by atoms with Crippen LogP contribution in [0.4, 0.5) is 0 Å². The van der Waals surface area contributed by atoms with Crippen LogP contribution in [0, 0.1) is 20.8 Å². The van der Waals surface area contributed by atoms with Crippen molar-refractivity contribution in [1.29, 1.82) is 0 Å². The molecule has 1 aliphatic rings. The van der Waals surface area contributed by atoms with E-state index in [-0.39, 0.29) is 11.9 Å². The molecule has 23 heavy (non-hydrogen) atoms. The minimum absolute atomic E-state index is 0.0420. The van der Waals surface area contributed by atoms with Gasteiger partial charge in [-0.15, -0.1) is 0 Å². The van der Waals surface area contributed by atoms with Crippen molar-refractivity contribution < 1.29 is 14.3 Å². The van der Waals surface area contributed by atoms with Crippen molar-refractivity contribution in [1.82, 2.24) is 4.90 Å². The van der Waals surface area contributed by atoms with E-state index in [0.29, 0.717) is 13.1 Å². The minimum Gasteiger partial charge on any atom is -0.367 e. The predicted molar refractivity (Wildman–Crippen MR) is 89.5 cm³/mol. The third kappa shape index (κ3) is 3.79. The van der Waals surface area contributed by atoms with Crippen molar-refractivity contribution in [3.63, 3.8) is 0 Å². The van der Waals surface area contributed by atoms with Crippen LogP contribution in [-0.4, -0.2) is 41.9 Å². The van der Waals surface area contributed by atoms with Gasteiger partial charge in [-0.3, -0.25) is 14.5 Å². The predicted octanol–water partition coefficient (Wildman–Crippen LogP) is 1.89. The number of Topliss-reactive ketones (excluding diaryl/α,β-unsaturated/α-hetero) is 1. The fourth-order valence-electron chi connectivity index (χ4n) is 3.56. The van der Waals surface area contributed by atoms with E-state index in [1.807, 2.05) is 20.8 Å². The molecule has 1 aromatic carbocycles. The number of benzene rings is 1. The Hall–Kier alpha value is -1.72. The number of morpholine rings is 1. The lowest BCUT2D eigenvalue weighted by atomic mass is 9.91. The van der Waals surface area contributed by atoms with Crippen molar-refractivity contribution in [2.75, 3.05) is 13.1 Å². The number of carbonyl (C=O) groups excluding carboxylic acids is 2. The zero-order valence-electron chi connectivity index (χ0n) is 14.6. The molecule has 5 nitrogen and oxygen atoms in total. The minimum atomic E-state index is -0.572. The zero-order valence-corrected chi connectivity index (χ0v) is 14.6. The maximum absolute atomic E-state index is 11.9. The molecule has 1 heterocycles. The van der Waals surface area contributed by atoms with Gasteiger partial charge in [-0.2, -0.15) is 0 Å². The molecule has 2 rings (SSSR count). The number of rotatable bonds is 4. The number of hydrogen-bond acceptors (Lipinski definition) is 4. The molecular formula is C18H26N2O3. The van der Waals surface area contributed by atoms with E-state index in [1.54, 1.807) is 6.92 Å². The van der Waals surface area contributed by atoms with Gasteiger partial charge in [-0.25, -0.2) is 0 Å². The van der Waals surface area contributed by atoms with Gasteiger partial charge in [0.25, 0.3) is 0 Å². The van der Waals surface area contributed by atoms with Gasteiger partial charge in [0.1, 0.15) is 6.10 Å². The van der Waals surface area contributed by atoms with Crippen LogP contribution in [0.1, 0.15) is 46.5 Å². The second-order valence-electron chi connectivity index (χ2n) is 6.58. The highest BCUT2D eigenvalue weighted by Gasteiger charge is 2.29. The Labute approximate surface area is 137 Å². The second-order valence-corrected chi connectivity index (χ2v) is 6.58. The fraction of sp³-hybridized carbons (Fsp3) is 0.556. The van der Waals surface area contributed by atoms with E-state index < -0.39 is 12.0 Å². The molecule has 1 aromatic rings. The lowest BCUT2D eigenvalue weighted by Crippen LogP contribution is -2.51. The molecule has 126 valence electrons. The van der Waals surface area contributed by atoms with Crippen LogP contribution < -0.4 is 5.73 Å². The van der Waals surface area contributed by atoms with Crippen LogP contribution in [0.2, 0.25) is 0 Å². The Bertz CT molecular complexity index is 640.